The van der Waals surface area contributed by atoms with Gasteiger partial charge in [-0.05, 0) is 6.42 Å². The van der Waals surface area contributed by atoms with E-state index in [1.54, 1.807) is 5.06 Å². The van der Waals surface area contributed by atoms with E-state index >= 15 is 0 Å². The summed E-state index contributed by atoms with van der Waals surface area (Å²) in [6, 6.07) is 0. The molecule has 5 N–H and O–H groups in total. The first kappa shape index (κ1) is 29.2. The molecule has 0 aliphatic heterocycles. The second kappa shape index (κ2) is 22.2. The minimum Gasteiger partial charge on any atom is -0.395 e. The molecule has 0 heterocycles. The van der Waals surface area contributed by atoms with Crippen molar-refractivity contribution in [1.29, 1.82) is 0 Å². The van der Waals surface area contributed by atoms with Crippen molar-refractivity contribution >= 4 is 7.82 Å². The van der Waals surface area contributed by atoms with Gasteiger partial charge in [-0.1, -0.05) is 77.6 Å². The van der Waals surface area contributed by atoms with Gasteiger partial charge in [-0.3, -0.25) is 4.84 Å². The normalized spacial score (nSPS) is 11.5. The van der Waals surface area contributed by atoms with Crippen LogP contribution in [0.1, 0.15) is 84.0 Å². The SMILES string of the molecule is CCCCCCCCCCCCCCON(CCO)CCO.O=P(O)(O)O. The van der Waals surface area contributed by atoms with Gasteiger partial charge in [0.05, 0.1) is 19.8 Å². The van der Waals surface area contributed by atoms with E-state index in [0.717, 1.165) is 6.42 Å². The molecule has 0 amide bonds. The van der Waals surface area contributed by atoms with Crippen LogP contribution in [0.4, 0.5) is 0 Å². The molecule has 0 radical (unpaired) electrons. The van der Waals surface area contributed by atoms with Gasteiger partial charge in [0.25, 0.3) is 0 Å². The highest BCUT2D eigenvalue weighted by Gasteiger charge is 2.03. The molecule has 0 spiro atoms. The van der Waals surface area contributed by atoms with Crippen molar-refractivity contribution in [2.45, 2.75) is 84.0 Å². The third-order valence-electron chi connectivity index (χ3n) is 3.97. The van der Waals surface area contributed by atoms with E-state index < -0.39 is 7.82 Å². The van der Waals surface area contributed by atoms with Gasteiger partial charge in [0.2, 0.25) is 0 Å². The summed E-state index contributed by atoms with van der Waals surface area (Å²) in [7, 11) is -4.64. The van der Waals surface area contributed by atoms with Crippen LogP contribution in [-0.4, -0.2) is 62.9 Å². The molecule has 0 rings (SSSR count). The zero-order valence-electron chi connectivity index (χ0n) is 17.0. The quantitative estimate of drug-likeness (QED) is 0.131. The smallest absolute Gasteiger partial charge is 0.395 e. The first-order valence-corrected chi connectivity index (χ1v) is 11.8. The number of hydrogen-bond acceptors (Lipinski definition) is 5. The van der Waals surface area contributed by atoms with Crippen molar-refractivity contribution in [3.05, 3.63) is 0 Å². The molecule has 0 aromatic heterocycles. The Morgan fingerprint density at radius 1 is 0.704 bits per heavy atom. The Morgan fingerprint density at radius 3 is 1.37 bits per heavy atom. The fourth-order valence-corrected chi connectivity index (χ4v) is 2.60. The van der Waals surface area contributed by atoms with Gasteiger partial charge in [0, 0.05) is 13.1 Å². The fraction of sp³-hybridized carbons (Fsp3) is 1.00. The molecule has 0 bridgehead atoms. The van der Waals surface area contributed by atoms with Crippen LogP contribution in [0.5, 0.6) is 0 Å². The first-order valence-electron chi connectivity index (χ1n) is 10.2. The lowest BCUT2D eigenvalue weighted by Crippen LogP contribution is -2.30. The van der Waals surface area contributed by atoms with E-state index in [0.29, 0.717) is 19.7 Å². The Hall–Kier alpha value is -0.0500. The third-order valence-corrected chi connectivity index (χ3v) is 3.97. The largest absolute Gasteiger partial charge is 0.466 e. The molecule has 0 fully saturated rings. The molecule has 0 saturated carbocycles. The summed E-state index contributed by atoms with van der Waals surface area (Å²) in [5, 5.41) is 19.4. The summed E-state index contributed by atoms with van der Waals surface area (Å²) < 4.78 is 8.88. The van der Waals surface area contributed by atoms with E-state index in [1.165, 1.54) is 70.6 Å². The zero-order valence-corrected chi connectivity index (χ0v) is 17.9. The first-order chi connectivity index (χ1) is 12.8. The van der Waals surface area contributed by atoms with Gasteiger partial charge in [-0.25, -0.2) is 4.57 Å². The molecule has 0 aromatic rings. The topological polar surface area (TPSA) is 131 Å². The van der Waals surface area contributed by atoms with Crippen LogP contribution in [0.25, 0.3) is 0 Å². The molecular weight excluding hydrogens is 373 g/mol. The predicted molar refractivity (Wildman–Crippen MR) is 107 cm³/mol. The molecule has 166 valence electrons. The minimum atomic E-state index is -4.64. The van der Waals surface area contributed by atoms with Crippen LogP contribution in [0, 0.1) is 0 Å². The van der Waals surface area contributed by atoms with Crippen LogP contribution in [0.2, 0.25) is 0 Å². The molecule has 8 nitrogen and oxygen atoms in total. The monoisotopic (exact) mass is 415 g/mol. The average Bonchev–Trinajstić information content (AvgIpc) is 2.58. The highest BCUT2D eigenvalue weighted by molar-refractivity contribution is 7.45. The Morgan fingerprint density at radius 2 is 1.04 bits per heavy atom. The summed E-state index contributed by atoms with van der Waals surface area (Å²) in [6.45, 7) is 4.04. The zero-order chi connectivity index (χ0) is 20.8. The van der Waals surface area contributed by atoms with Crippen LogP contribution >= 0.6 is 7.82 Å². The van der Waals surface area contributed by atoms with E-state index in [-0.39, 0.29) is 13.2 Å². The van der Waals surface area contributed by atoms with Crippen molar-refractivity contribution in [2.24, 2.45) is 0 Å². The van der Waals surface area contributed by atoms with Crippen molar-refractivity contribution in [2.75, 3.05) is 32.9 Å². The number of unbranched alkanes of at least 4 members (excludes halogenated alkanes) is 11. The van der Waals surface area contributed by atoms with Crippen molar-refractivity contribution in [3.8, 4) is 0 Å². The van der Waals surface area contributed by atoms with Crippen LogP contribution in [0.3, 0.4) is 0 Å². The van der Waals surface area contributed by atoms with Gasteiger partial charge < -0.3 is 24.9 Å². The summed E-state index contributed by atoms with van der Waals surface area (Å²) in [6.07, 6.45) is 16.1. The molecular formula is C18H42NO7P. The molecule has 27 heavy (non-hydrogen) atoms. The summed E-state index contributed by atoms with van der Waals surface area (Å²) >= 11 is 0. The molecule has 0 aliphatic carbocycles. The highest BCUT2D eigenvalue weighted by atomic mass is 31.2. The van der Waals surface area contributed by atoms with Gasteiger partial charge in [0.1, 0.15) is 0 Å². The van der Waals surface area contributed by atoms with Crippen LogP contribution < -0.4 is 0 Å². The van der Waals surface area contributed by atoms with Crippen molar-refractivity contribution in [1.82, 2.24) is 5.06 Å². The molecule has 0 unspecified atom stereocenters. The lowest BCUT2D eigenvalue weighted by atomic mass is 10.1. The number of aliphatic hydroxyl groups is 2. The molecule has 0 aliphatic rings. The van der Waals surface area contributed by atoms with Gasteiger partial charge in [-0.15, -0.1) is 0 Å². The number of hydrogen-bond donors (Lipinski definition) is 5. The second-order valence-corrected chi connectivity index (χ2v) is 7.64. The molecule has 0 aromatic carbocycles. The Labute approximate surface area is 164 Å². The highest BCUT2D eigenvalue weighted by Crippen LogP contribution is 2.25. The number of rotatable bonds is 18. The Balaban J connectivity index is 0. The van der Waals surface area contributed by atoms with Crippen LogP contribution in [-0.2, 0) is 9.40 Å². The van der Waals surface area contributed by atoms with Crippen LogP contribution in [0.15, 0.2) is 0 Å². The number of aliphatic hydroxyl groups excluding tert-OH is 2. The fourth-order valence-electron chi connectivity index (χ4n) is 2.60. The third kappa shape index (κ3) is 33.9. The molecule has 0 atom stereocenters. The summed E-state index contributed by atoms with van der Waals surface area (Å²) in [4.78, 5) is 27.1. The standard InChI is InChI=1S/C18H39NO3.H3O4P/c1-2-3-4-5-6-7-8-9-10-11-12-13-18-22-19(14-16-20)15-17-21;1-5(2,3)4/h20-21H,2-18H2,1H3;(H3,1,2,3,4). The van der Waals surface area contributed by atoms with Gasteiger partial charge in [-0.2, -0.15) is 5.06 Å². The lowest BCUT2D eigenvalue weighted by molar-refractivity contribution is -0.169. The van der Waals surface area contributed by atoms with Gasteiger partial charge >= 0.3 is 7.82 Å². The minimum absolute atomic E-state index is 0.0679. The Kier molecular flexibility index (Phi) is 24.0. The number of phosphoric acid groups is 1. The van der Waals surface area contributed by atoms with E-state index in [2.05, 4.69) is 6.92 Å². The Bertz CT molecular complexity index is 315. The van der Waals surface area contributed by atoms with E-state index in [1.807, 2.05) is 0 Å². The van der Waals surface area contributed by atoms with E-state index in [4.69, 9.17) is 34.3 Å². The lowest BCUT2D eigenvalue weighted by Gasteiger charge is -2.19. The van der Waals surface area contributed by atoms with Crippen molar-refractivity contribution < 1.29 is 34.3 Å². The molecule has 9 heteroatoms. The van der Waals surface area contributed by atoms with E-state index in [9.17, 15) is 0 Å². The maximum atomic E-state index is 8.88. The molecule has 0 saturated heterocycles. The summed E-state index contributed by atoms with van der Waals surface area (Å²) in [5.74, 6) is 0. The predicted octanol–water partition coefficient (Wildman–Crippen LogP) is 2.98. The maximum Gasteiger partial charge on any atom is 0.466 e. The summed E-state index contributed by atoms with van der Waals surface area (Å²) in [5.41, 5.74) is 0. The maximum absolute atomic E-state index is 8.88. The average molecular weight is 416 g/mol. The number of nitrogens with zero attached hydrogens (tertiary/aromatic N) is 1. The number of hydroxylamine groups is 2. The van der Waals surface area contributed by atoms with Crippen molar-refractivity contribution in [3.63, 3.8) is 0 Å². The van der Waals surface area contributed by atoms with Gasteiger partial charge in [0.15, 0.2) is 0 Å². The second-order valence-electron chi connectivity index (χ2n) is 6.61.